The van der Waals surface area contributed by atoms with Gasteiger partial charge in [0.25, 0.3) is 0 Å². The first-order valence-electron chi connectivity index (χ1n) is 9.27. The Labute approximate surface area is 182 Å². The molecule has 1 aromatic heterocycles. The molecular formula is C20H23N3O7S. The second-order valence-corrected chi connectivity index (χ2v) is 9.06. The molecule has 0 radical (unpaired) electrons. The molecule has 11 heteroatoms. The summed E-state index contributed by atoms with van der Waals surface area (Å²) in [5.74, 6) is -2.23. The molecule has 2 aromatic rings. The molecule has 0 saturated carbocycles. The number of carbonyl (C=O) groups excluding carboxylic acids is 1. The highest BCUT2D eigenvalue weighted by Crippen LogP contribution is 2.43. The molecule has 0 atom stereocenters. The van der Waals surface area contributed by atoms with Gasteiger partial charge in [-0.1, -0.05) is 5.16 Å². The second-order valence-electron chi connectivity index (χ2n) is 8.17. The minimum absolute atomic E-state index is 0.0943. The minimum atomic E-state index is -1.31. The average molecular weight is 449 g/mol. The number of carboxylic acids is 1. The fourth-order valence-corrected chi connectivity index (χ4v) is 3.25. The van der Waals surface area contributed by atoms with Crippen LogP contribution in [0.3, 0.4) is 0 Å². The number of esters is 1. The number of hydrogen-bond acceptors (Lipinski definition) is 10. The first-order chi connectivity index (χ1) is 14.3. The minimum Gasteiger partial charge on any atom is -0.476 e. The Morgan fingerprint density at radius 2 is 2.00 bits per heavy atom. The van der Waals surface area contributed by atoms with E-state index in [2.05, 4.69) is 10.1 Å². The van der Waals surface area contributed by atoms with Gasteiger partial charge in [0, 0.05) is 19.2 Å². The van der Waals surface area contributed by atoms with E-state index in [1.54, 1.807) is 40.7 Å². The van der Waals surface area contributed by atoms with E-state index in [4.69, 9.17) is 24.8 Å². The van der Waals surface area contributed by atoms with Crippen molar-refractivity contribution in [3.8, 4) is 11.5 Å². The molecule has 10 nitrogen and oxygen atoms in total. The van der Waals surface area contributed by atoms with Crippen molar-refractivity contribution in [3.63, 3.8) is 0 Å². The van der Waals surface area contributed by atoms with Crippen molar-refractivity contribution in [2.45, 2.75) is 52.6 Å². The highest BCUT2D eigenvalue weighted by atomic mass is 32.1. The number of oxime groups is 1. The Balaban J connectivity index is 1.87. The summed E-state index contributed by atoms with van der Waals surface area (Å²) in [6.07, 6.45) is 0. The Hall–Kier alpha value is -3.34. The van der Waals surface area contributed by atoms with Crippen molar-refractivity contribution in [1.82, 2.24) is 4.98 Å². The molecule has 0 unspecified atom stereocenters. The molecule has 1 aliphatic rings. The summed E-state index contributed by atoms with van der Waals surface area (Å²) in [6.45, 7) is 8.56. The lowest BCUT2D eigenvalue weighted by Gasteiger charge is -2.20. The van der Waals surface area contributed by atoms with Crippen LogP contribution in [-0.2, 0) is 21.0 Å². The lowest BCUT2D eigenvalue weighted by Crippen LogP contribution is -2.30. The number of fused-ring (bicyclic) bond motifs is 1. The van der Waals surface area contributed by atoms with Gasteiger partial charge in [0.1, 0.15) is 23.5 Å². The second kappa shape index (κ2) is 8.06. The van der Waals surface area contributed by atoms with E-state index in [1.807, 2.05) is 0 Å². The molecule has 0 amide bonds. The van der Waals surface area contributed by atoms with Crippen molar-refractivity contribution in [3.05, 3.63) is 34.3 Å². The number of anilines is 1. The van der Waals surface area contributed by atoms with Gasteiger partial charge < -0.3 is 29.9 Å². The molecule has 1 aromatic carbocycles. The standard InChI is InChI=1S/C20H23N3O7S/c1-19(2,3)30-17(26)11-6-10(7-13-15(11)29-20(4,5)28-13)8-27-23-14(16(24)25)12-9-31-18(21)22-12/h6-7,9H,8H2,1-5H3,(H2,21,22)(H,24,25). The van der Waals surface area contributed by atoms with Crippen LogP contribution in [0.5, 0.6) is 11.5 Å². The summed E-state index contributed by atoms with van der Waals surface area (Å²) >= 11 is 1.09. The Kier molecular flexibility index (Phi) is 5.81. The summed E-state index contributed by atoms with van der Waals surface area (Å²) in [7, 11) is 0. The summed E-state index contributed by atoms with van der Waals surface area (Å²) in [5.41, 5.74) is 5.23. The number of nitrogens with zero attached hydrogens (tertiary/aromatic N) is 2. The van der Waals surface area contributed by atoms with Gasteiger partial charge in [0.2, 0.25) is 11.5 Å². The van der Waals surface area contributed by atoms with Crippen LogP contribution in [0.25, 0.3) is 0 Å². The van der Waals surface area contributed by atoms with Gasteiger partial charge in [-0.3, -0.25) is 0 Å². The molecule has 2 heterocycles. The number of hydrogen-bond donors (Lipinski definition) is 2. The Morgan fingerprint density at radius 3 is 2.58 bits per heavy atom. The number of aliphatic carboxylic acids is 1. The van der Waals surface area contributed by atoms with Crippen LogP contribution in [0.2, 0.25) is 0 Å². The maximum absolute atomic E-state index is 12.7. The molecule has 31 heavy (non-hydrogen) atoms. The van der Waals surface area contributed by atoms with Gasteiger partial charge in [0.05, 0.1) is 0 Å². The fourth-order valence-electron chi connectivity index (χ4n) is 2.70. The molecule has 3 N–H and O–H groups in total. The Bertz CT molecular complexity index is 1050. The van der Waals surface area contributed by atoms with Crippen LogP contribution in [0, 0.1) is 0 Å². The van der Waals surface area contributed by atoms with E-state index in [0.29, 0.717) is 11.3 Å². The van der Waals surface area contributed by atoms with Crippen LogP contribution < -0.4 is 15.2 Å². The van der Waals surface area contributed by atoms with Crippen molar-refractivity contribution >= 4 is 34.1 Å². The van der Waals surface area contributed by atoms with Gasteiger partial charge >= 0.3 is 11.9 Å². The van der Waals surface area contributed by atoms with E-state index in [1.165, 1.54) is 11.4 Å². The van der Waals surface area contributed by atoms with Crippen LogP contribution in [-0.4, -0.2) is 39.1 Å². The third kappa shape index (κ3) is 5.43. The Morgan fingerprint density at radius 1 is 1.29 bits per heavy atom. The molecule has 0 aliphatic carbocycles. The van der Waals surface area contributed by atoms with Gasteiger partial charge in [-0.25, -0.2) is 14.6 Å². The van der Waals surface area contributed by atoms with Gasteiger partial charge in [-0.15, -0.1) is 11.3 Å². The van der Waals surface area contributed by atoms with Crippen molar-refractivity contribution < 1.29 is 33.7 Å². The number of nitrogen functional groups attached to an aromatic ring is 1. The van der Waals surface area contributed by atoms with Gasteiger partial charge in [-0.2, -0.15) is 0 Å². The third-order valence-electron chi connectivity index (χ3n) is 3.79. The number of rotatable bonds is 6. The zero-order chi connectivity index (χ0) is 23.0. The molecule has 0 spiro atoms. The average Bonchev–Trinajstić information content (AvgIpc) is 3.17. The number of nitrogens with two attached hydrogens (primary N) is 1. The summed E-state index contributed by atoms with van der Waals surface area (Å²) in [4.78, 5) is 33.3. The van der Waals surface area contributed by atoms with Gasteiger partial charge in [0.15, 0.2) is 16.6 Å². The van der Waals surface area contributed by atoms with Crippen molar-refractivity contribution in [2.24, 2.45) is 5.16 Å². The van der Waals surface area contributed by atoms with Crippen LogP contribution >= 0.6 is 11.3 Å². The first kappa shape index (κ1) is 22.3. The molecule has 166 valence electrons. The molecule has 1 aliphatic heterocycles. The smallest absolute Gasteiger partial charge is 0.360 e. The predicted molar refractivity (Wildman–Crippen MR) is 112 cm³/mol. The molecule has 0 fully saturated rings. The molecule has 0 saturated heterocycles. The highest BCUT2D eigenvalue weighted by molar-refractivity contribution is 7.13. The van der Waals surface area contributed by atoms with E-state index in [-0.39, 0.29) is 34.5 Å². The van der Waals surface area contributed by atoms with Crippen molar-refractivity contribution in [2.75, 3.05) is 5.73 Å². The number of aromatic nitrogens is 1. The van der Waals surface area contributed by atoms with Crippen LogP contribution in [0.15, 0.2) is 22.7 Å². The van der Waals surface area contributed by atoms with E-state index >= 15 is 0 Å². The predicted octanol–water partition coefficient (Wildman–Crippen LogP) is 3.19. The lowest BCUT2D eigenvalue weighted by atomic mass is 10.1. The number of carbonyl (C=O) groups is 2. The van der Waals surface area contributed by atoms with E-state index in [9.17, 15) is 14.7 Å². The summed E-state index contributed by atoms with van der Waals surface area (Å²) in [5, 5.41) is 14.7. The summed E-state index contributed by atoms with van der Waals surface area (Å²) < 4.78 is 17.0. The quantitative estimate of drug-likeness (QED) is 0.386. The highest BCUT2D eigenvalue weighted by Gasteiger charge is 2.36. The topological polar surface area (TPSA) is 143 Å². The zero-order valence-electron chi connectivity index (χ0n) is 17.7. The number of ether oxygens (including phenoxy) is 3. The van der Waals surface area contributed by atoms with Crippen LogP contribution in [0.1, 0.15) is 56.2 Å². The van der Waals surface area contributed by atoms with Crippen LogP contribution in [0.4, 0.5) is 5.13 Å². The van der Waals surface area contributed by atoms with E-state index in [0.717, 1.165) is 11.3 Å². The monoisotopic (exact) mass is 449 g/mol. The molecular weight excluding hydrogens is 426 g/mol. The largest absolute Gasteiger partial charge is 0.476 e. The normalized spacial score (nSPS) is 14.9. The number of benzene rings is 1. The summed E-state index contributed by atoms with van der Waals surface area (Å²) in [6, 6.07) is 3.17. The third-order valence-corrected chi connectivity index (χ3v) is 4.47. The van der Waals surface area contributed by atoms with Crippen molar-refractivity contribution in [1.29, 1.82) is 0 Å². The number of carboxylic acid groups (broad SMARTS) is 1. The van der Waals surface area contributed by atoms with Gasteiger partial charge in [-0.05, 0) is 38.5 Å². The van der Waals surface area contributed by atoms with E-state index < -0.39 is 23.3 Å². The lowest BCUT2D eigenvalue weighted by molar-refractivity contribution is -0.129. The maximum atomic E-state index is 12.7. The number of thiazole rings is 1. The maximum Gasteiger partial charge on any atom is 0.360 e. The first-order valence-corrected chi connectivity index (χ1v) is 10.2. The fraction of sp³-hybridized carbons (Fsp3) is 0.400. The molecule has 0 bridgehead atoms. The SMILES string of the molecule is CC(C)(C)OC(=O)c1cc(CON=C(C(=O)O)c2csc(N)n2)cc2c1OC(C)(C)O2. The molecule has 3 rings (SSSR count). The zero-order valence-corrected chi connectivity index (χ0v) is 18.5.